The molecule has 8 heteroatoms. The Labute approximate surface area is 112 Å². The van der Waals surface area contributed by atoms with Crippen molar-refractivity contribution in [1.82, 2.24) is 29.3 Å². The fourth-order valence-electron chi connectivity index (χ4n) is 1.87. The van der Waals surface area contributed by atoms with Crippen LogP contribution in [0, 0.1) is 0 Å². The Kier molecular flexibility index (Phi) is 2.63. The summed E-state index contributed by atoms with van der Waals surface area (Å²) in [6.07, 6.45) is 3.21. The van der Waals surface area contributed by atoms with Crippen molar-refractivity contribution < 1.29 is 0 Å². The zero-order valence-electron chi connectivity index (χ0n) is 10.8. The second-order valence-electron chi connectivity index (χ2n) is 4.25. The van der Waals surface area contributed by atoms with E-state index in [1.54, 1.807) is 24.5 Å². The van der Waals surface area contributed by atoms with Crippen molar-refractivity contribution in [2.24, 2.45) is 14.1 Å². The van der Waals surface area contributed by atoms with Gasteiger partial charge in [0, 0.05) is 32.1 Å². The molecule has 0 fully saturated rings. The van der Waals surface area contributed by atoms with Gasteiger partial charge in [-0.1, -0.05) is 0 Å². The van der Waals surface area contributed by atoms with Crippen LogP contribution in [0.3, 0.4) is 0 Å². The second-order valence-corrected chi connectivity index (χ2v) is 4.25. The van der Waals surface area contributed by atoms with E-state index in [9.17, 15) is 9.59 Å². The van der Waals surface area contributed by atoms with E-state index in [1.165, 1.54) is 18.7 Å². The van der Waals surface area contributed by atoms with E-state index in [1.807, 2.05) is 0 Å². The van der Waals surface area contributed by atoms with Crippen molar-refractivity contribution in [2.75, 3.05) is 0 Å². The quantitative estimate of drug-likeness (QED) is 0.590. The van der Waals surface area contributed by atoms with Crippen molar-refractivity contribution in [2.45, 2.75) is 0 Å². The molecule has 0 saturated carbocycles. The number of fused-ring (bicyclic) bond motifs is 1. The highest BCUT2D eigenvalue weighted by Gasteiger charge is 2.13. The summed E-state index contributed by atoms with van der Waals surface area (Å²) < 4.78 is 2.25. The smallest absolute Gasteiger partial charge is 0.279 e. The van der Waals surface area contributed by atoms with Gasteiger partial charge in [-0.05, 0) is 12.1 Å². The van der Waals surface area contributed by atoms with Crippen molar-refractivity contribution in [3.63, 3.8) is 0 Å². The maximum Gasteiger partial charge on any atom is 0.332 e. The lowest BCUT2D eigenvalue weighted by atomic mass is 10.2. The predicted octanol–water partition coefficient (Wildman–Crippen LogP) is -0.516. The largest absolute Gasteiger partial charge is 0.332 e. The fourth-order valence-corrected chi connectivity index (χ4v) is 1.87. The molecule has 0 bridgehead atoms. The highest BCUT2D eigenvalue weighted by atomic mass is 16.2. The third-order valence-electron chi connectivity index (χ3n) is 3.01. The van der Waals surface area contributed by atoms with Crippen LogP contribution in [0.25, 0.3) is 22.6 Å². The van der Waals surface area contributed by atoms with Crippen LogP contribution >= 0.6 is 0 Å². The molecule has 0 saturated heterocycles. The average molecular weight is 270 g/mol. The van der Waals surface area contributed by atoms with Crippen LogP contribution in [-0.4, -0.2) is 29.3 Å². The number of aromatic nitrogens is 6. The van der Waals surface area contributed by atoms with Crippen molar-refractivity contribution in [1.29, 1.82) is 0 Å². The SMILES string of the molecule is Cn1c(=O)c2nnc(-c3ccncc3)nc2n(C)c1=O. The summed E-state index contributed by atoms with van der Waals surface area (Å²) in [7, 11) is 2.93. The third kappa shape index (κ3) is 1.69. The van der Waals surface area contributed by atoms with Crippen LogP contribution < -0.4 is 11.2 Å². The molecule has 3 aromatic rings. The molecular formula is C12H10N6O2. The van der Waals surface area contributed by atoms with Crippen LogP contribution in [0.1, 0.15) is 0 Å². The molecule has 0 aliphatic heterocycles. The molecule has 0 unspecified atom stereocenters. The highest BCUT2D eigenvalue weighted by molar-refractivity contribution is 5.70. The summed E-state index contributed by atoms with van der Waals surface area (Å²) in [6.45, 7) is 0. The van der Waals surface area contributed by atoms with Crippen molar-refractivity contribution in [3.05, 3.63) is 45.4 Å². The van der Waals surface area contributed by atoms with E-state index in [0.29, 0.717) is 11.4 Å². The van der Waals surface area contributed by atoms with Crippen LogP contribution in [0.4, 0.5) is 0 Å². The number of nitrogens with zero attached hydrogens (tertiary/aromatic N) is 6. The van der Waals surface area contributed by atoms with Crippen LogP contribution in [0.5, 0.6) is 0 Å². The molecule has 3 heterocycles. The molecule has 0 aliphatic carbocycles. The van der Waals surface area contributed by atoms with E-state index in [0.717, 1.165) is 4.57 Å². The Morgan fingerprint density at radius 1 is 1.00 bits per heavy atom. The van der Waals surface area contributed by atoms with Gasteiger partial charge in [-0.25, -0.2) is 9.78 Å². The zero-order chi connectivity index (χ0) is 14.3. The van der Waals surface area contributed by atoms with E-state index >= 15 is 0 Å². The van der Waals surface area contributed by atoms with Crippen LogP contribution in [-0.2, 0) is 14.1 Å². The lowest BCUT2D eigenvalue weighted by Gasteiger charge is -2.06. The minimum atomic E-state index is -0.510. The Balaban J connectivity index is 2.38. The minimum absolute atomic E-state index is 0.0624. The Hall–Kier alpha value is -2.90. The normalized spacial score (nSPS) is 10.9. The molecule has 0 radical (unpaired) electrons. The second kappa shape index (κ2) is 4.34. The molecule has 0 aliphatic rings. The molecule has 20 heavy (non-hydrogen) atoms. The first kappa shape index (κ1) is 12.2. The van der Waals surface area contributed by atoms with Gasteiger partial charge in [-0.3, -0.25) is 18.9 Å². The monoisotopic (exact) mass is 270 g/mol. The van der Waals surface area contributed by atoms with Crippen molar-refractivity contribution in [3.8, 4) is 11.4 Å². The maximum absolute atomic E-state index is 11.9. The minimum Gasteiger partial charge on any atom is -0.279 e. The first-order valence-corrected chi connectivity index (χ1v) is 5.80. The summed E-state index contributed by atoms with van der Waals surface area (Å²) in [6, 6.07) is 3.45. The number of aryl methyl sites for hydroxylation is 1. The molecule has 0 atom stereocenters. The predicted molar refractivity (Wildman–Crippen MR) is 71.0 cm³/mol. The van der Waals surface area contributed by atoms with Gasteiger partial charge in [-0.15, -0.1) is 10.2 Å². The lowest BCUT2D eigenvalue weighted by molar-refractivity contribution is 0.700. The summed E-state index contributed by atoms with van der Waals surface area (Å²) in [4.78, 5) is 32.0. The number of rotatable bonds is 1. The zero-order valence-corrected chi connectivity index (χ0v) is 10.8. The number of hydrogen-bond acceptors (Lipinski definition) is 6. The first-order valence-electron chi connectivity index (χ1n) is 5.80. The Bertz CT molecular complexity index is 913. The molecule has 3 aromatic heterocycles. The third-order valence-corrected chi connectivity index (χ3v) is 3.01. The molecule has 8 nitrogen and oxygen atoms in total. The molecule has 3 rings (SSSR count). The molecule has 0 N–H and O–H groups in total. The Morgan fingerprint density at radius 3 is 2.40 bits per heavy atom. The number of hydrogen-bond donors (Lipinski definition) is 0. The lowest BCUT2D eigenvalue weighted by Crippen LogP contribution is -2.38. The van der Waals surface area contributed by atoms with E-state index in [-0.39, 0.29) is 11.2 Å². The number of pyridine rings is 1. The van der Waals surface area contributed by atoms with Gasteiger partial charge in [-0.2, -0.15) is 0 Å². The molecule has 100 valence electrons. The summed E-state index contributed by atoms with van der Waals surface area (Å²) in [5, 5.41) is 7.83. The fraction of sp³-hybridized carbons (Fsp3) is 0.167. The van der Waals surface area contributed by atoms with Gasteiger partial charge in [0.05, 0.1) is 0 Å². The molecule has 0 aromatic carbocycles. The average Bonchev–Trinajstić information content (AvgIpc) is 2.51. The van der Waals surface area contributed by atoms with Gasteiger partial charge < -0.3 is 0 Å². The molecule has 0 amide bonds. The van der Waals surface area contributed by atoms with Gasteiger partial charge in [0.1, 0.15) is 0 Å². The van der Waals surface area contributed by atoms with E-state index < -0.39 is 11.2 Å². The molecular weight excluding hydrogens is 260 g/mol. The Morgan fingerprint density at radius 2 is 1.70 bits per heavy atom. The van der Waals surface area contributed by atoms with Gasteiger partial charge in [0.25, 0.3) is 5.56 Å². The van der Waals surface area contributed by atoms with Gasteiger partial charge in [0.15, 0.2) is 17.0 Å². The standard InChI is InChI=1S/C12H10N6O2/c1-17-10-8(11(19)18(2)12(17)20)15-16-9(14-10)7-3-5-13-6-4-7/h3-6H,1-2H3. The van der Waals surface area contributed by atoms with E-state index in [4.69, 9.17) is 0 Å². The van der Waals surface area contributed by atoms with Crippen molar-refractivity contribution >= 4 is 11.2 Å². The van der Waals surface area contributed by atoms with Gasteiger partial charge in [0.2, 0.25) is 0 Å². The molecule has 0 spiro atoms. The first-order chi connectivity index (χ1) is 9.59. The maximum atomic E-state index is 11.9. The highest BCUT2D eigenvalue weighted by Crippen LogP contribution is 2.13. The summed E-state index contributed by atoms with van der Waals surface area (Å²) >= 11 is 0. The van der Waals surface area contributed by atoms with Crippen LogP contribution in [0.2, 0.25) is 0 Å². The van der Waals surface area contributed by atoms with Gasteiger partial charge >= 0.3 is 5.69 Å². The van der Waals surface area contributed by atoms with E-state index in [2.05, 4.69) is 20.2 Å². The topological polar surface area (TPSA) is 95.6 Å². The summed E-state index contributed by atoms with van der Waals surface area (Å²) in [5.41, 5.74) is 0.0166. The van der Waals surface area contributed by atoms with Crippen LogP contribution in [0.15, 0.2) is 34.1 Å². The summed E-state index contributed by atoms with van der Waals surface area (Å²) in [5.74, 6) is 0.336.